The molecule has 1 N–H and O–H groups in total. The number of hydrogen-bond acceptors (Lipinski definition) is 4. The van der Waals surface area contributed by atoms with E-state index in [2.05, 4.69) is 0 Å². The topological polar surface area (TPSA) is 47.9 Å². The van der Waals surface area contributed by atoms with E-state index >= 15 is 0 Å². The van der Waals surface area contributed by atoms with Crippen LogP contribution >= 0.6 is 0 Å². The van der Waals surface area contributed by atoms with Crippen LogP contribution in [-0.2, 0) is 20.8 Å². The van der Waals surface area contributed by atoms with Gasteiger partial charge in [0.1, 0.15) is 0 Å². The van der Waals surface area contributed by atoms with Gasteiger partial charge in [-0.1, -0.05) is 30.3 Å². The van der Waals surface area contributed by atoms with Gasteiger partial charge in [0, 0.05) is 12.0 Å². The molecule has 1 aromatic rings. The second-order valence-electron chi connectivity index (χ2n) is 5.93. The van der Waals surface area contributed by atoms with Crippen LogP contribution in [0.2, 0.25) is 0 Å². The molecule has 4 nitrogen and oxygen atoms in total. The van der Waals surface area contributed by atoms with Crippen molar-refractivity contribution >= 4 is 0 Å². The lowest BCUT2D eigenvalue weighted by atomic mass is 9.86. The third-order valence-electron chi connectivity index (χ3n) is 3.61. The second-order valence-corrected chi connectivity index (χ2v) is 5.93. The van der Waals surface area contributed by atoms with E-state index in [0.29, 0.717) is 32.8 Å². The summed E-state index contributed by atoms with van der Waals surface area (Å²) in [6.07, 6.45) is 0.623. The first-order chi connectivity index (χ1) is 9.55. The molecule has 0 unspecified atom stereocenters. The fourth-order valence-corrected chi connectivity index (χ4v) is 2.23. The van der Waals surface area contributed by atoms with Crippen LogP contribution in [-0.4, -0.2) is 37.3 Å². The minimum atomic E-state index is -0.543. The van der Waals surface area contributed by atoms with Crippen LogP contribution < -0.4 is 0 Å². The first-order valence-electron chi connectivity index (χ1n) is 7.06. The predicted molar refractivity (Wildman–Crippen MR) is 76.2 cm³/mol. The van der Waals surface area contributed by atoms with Crippen molar-refractivity contribution in [2.24, 2.45) is 5.41 Å². The molecule has 0 saturated carbocycles. The molecule has 1 heterocycles. The number of aliphatic hydroxyl groups is 1. The predicted octanol–water partition coefficient (Wildman–Crippen LogP) is 2.35. The van der Waals surface area contributed by atoms with Gasteiger partial charge in [0.05, 0.1) is 26.4 Å². The zero-order valence-electron chi connectivity index (χ0n) is 12.3. The van der Waals surface area contributed by atoms with E-state index in [0.717, 1.165) is 5.56 Å². The number of ether oxygens (including phenoxy) is 3. The van der Waals surface area contributed by atoms with Crippen LogP contribution in [0.5, 0.6) is 0 Å². The molecule has 0 radical (unpaired) electrons. The lowest BCUT2D eigenvalue weighted by Gasteiger charge is -2.43. The minimum absolute atomic E-state index is 0.113. The van der Waals surface area contributed by atoms with Crippen LogP contribution in [0.1, 0.15) is 25.8 Å². The molecule has 1 aromatic carbocycles. The van der Waals surface area contributed by atoms with Crippen molar-refractivity contribution in [2.45, 2.75) is 32.7 Å². The molecule has 0 aromatic heterocycles. The van der Waals surface area contributed by atoms with E-state index < -0.39 is 5.79 Å². The smallest absolute Gasteiger partial charge is 0.162 e. The van der Waals surface area contributed by atoms with Crippen LogP contribution in [0.15, 0.2) is 30.3 Å². The summed E-state index contributed by atoms with van der Waals surface area (Å²) in [6.45, 7) is 6.11. The third-order valence-corrected chi connectivity index (χ3v) is 3.61. The molecule has 0 aliphatic carbocycles. The largest absolute Gasteiger partial charge is 0.396 e. The summed E-state index contributed by atoms with van der Waals surface area (Å²) in [5.41, 5.74) is 0.892. The Balaban J connectivity index is 1.86. The molecule has 0 bridgehead atoms. The molecule has 0 amide bonds. The lowest BCUT2D eigenvalue weighted by molar-refractivity contribution is -0.294. The monoisotopic (exact) mass is 280 g/mol. The van der Waals surface area contributed by atoms with Gasteiger partial charge in [-0.15, -0.1) is 0 Å². The first kappa shape index (κ1) is 15.4. The second kappa shape index (κ2) is 6.68. The Bertz CT molecular complexity index is 392. The third kappa shape index (κ3) is 4.28. The number of aliphatic hydroxyl groups excluding tert-OH is 1. The molecule has 1 aliphatic rings. The van der Waals surface area contributed by atoms with Crippen molar-refractivity contribution in [2.75, 3.05) is 26.4 Å². The standard InChI is InChI=1S/C16H24O4/c1-15(2)19-12-16(8-9-17,13-20-15)11-18-10-14-6-4-3-5-7-14/h3-7,17H,8-13H2,1-2H3. The van der Waals surface area contributed by atoms with Gasteiger partial charge < -0.3 is 19.3 Å². The van der Waals surface area contributed by atoms with Crippen LogP contribution in [0.3, 0.4) is 0 Å². The molecule has 0 atom stereocenters. The Hall–Kier alpha value is -0.940. The summed E-state index contributed by atoms with van der Waals surface area (Å²) in [4.78, 5) is 0. The molecular formula is C16H24O4. The van der Waals surface area contributed by atoms with Gasteiger partial charge in [-0.05, 0) is 25.8 Å². The molecule has 4 heteroatoms. The Kier molecular flexibility index (Phi) is 5.16. The van der Waals surface area contributed by atoms with Crippen molar-refractivity contribution in [1.29, 1.82) is 0 Å². The first-order valence-corrected chi connectivity index (χ1v) is 7.06. The van der Waals surface area contributed by atoms with E-state index in [4.69, 9.17) is 14.2 Å². The molecule has 2 rings (SSSR count). The van der Waals surface area contributed by atoms with Crippen molar-refractivity contribution < 1.29 is 19.3 Å². The van der Waals surface area contributed by atoms with Crippen molar-refractivity contribution in [3.05, 3.63) is 35.9 Å². The zero-order valence-corrected chi connectivity index (χ0v) is 12.3. The fraction of sp³-hybridized carbons (Fsp3) is 0.625. The summed E-state index contributed by atoms with van der Waals surface area (Å²) in [7, 11) is 0. The highest BCUT2D eigenvalue weighted by Gasteiger charge is 2.40. The van der Waals surface area contributed by atoms with Gasteiger partial charge in [0.2, 0.25) is 0 Å². The van der Waals surface area contributed by atoms with E-state index in [9.17, 15) is 5.11 Å². The summed E-state index contributed by atoms with van der Waals surface area (Å²) >= 11 is 0. The van der Waals surface area contributed by atoms with Crippen molar-refractivity contribution in [1.82, 2.24) is 0 Å². The normalized spacial score (nSPS) is 20.8. The molecule has 20 heavy (non-hydrogen) atoms. The molecule has 1 fully saturated rings. The van der Waals surface area contributed by atoms with Crippen LogP contribution in [0.25, 0.3) is 0 Å². The lowest BCUT2D eigenvalue weighted by Crippen LogP contribution is -2.49. The van der Waals surface area contributed by atoms with E-state index in [1.165, 1.54) is 0 Å². The highest BCUT2D eigenvalue weighted by atomic mass is 16.7. The fourth-order valence-electron chi connectivity index (χ4n) is 2.23. The maximum atomic E-state index is 9.26. The highest BCUT2D eigenvalue weighted by Crippen LogP contribution is 2.33. The van der Waals surface area contributed by atoms with Gasteiger partial charge in [0.15, 0.2) is 5.79 Å². The van der Waals surface area contributed by atoms with Gasteiger partial charge in [0.25, 0.3) is 0 Å². The molecule has 1 saturated heterocycles. The number of benzene rings is 1. The molecule has 0 spiro atoms. The number of hydrogen-bond donors (Lipinski definition) is 1. The Morgan fingerprint density at radius 3 is 2.40 bits per heavy atom. The SMILES string of the molecule is CC1(C)OCC(CCO)(COCc2ccccc2)CO1. The number of rotatable bonds is 6. The maximum Gasteiger partial charge on any atom is 0.162 e. The van der Waals surface area contributed by atoms with E-state index in [-0.39, 0.29) is 12.0 Å². The van der Waals surface area contributed by atoms with Crippen molar-refractivity contribution in [3.8, 4) is 0 Å². The average Bonchev–Trinajstić information content (AvgIpc) is 2.44. The molecule has 1 aliphatic heterocycles. The van der Waals surface area contributed by atoms with Crippen LogP contribution in [0, 0.1) is 5.41 Å². The van der Waals surface area contributed by atoms with Gasteiger partial charge in [-0.2, -0.15) is 0 Å². The van der Waals surface area contributed by atoms with E-state index in [1.54, 1.807) is 0 Å². The Labute approximate surface area is 120 Å². The minimum Gasteiger partial charge on any atom is -0.396 e. The summed E-state index contributed by atoms with van der Waals surface area (Å²) in [5, 5.41) is 9.26. The average molecular weight is 280 g/mol. The van der Waals surface area contributed by atoms with Gasteiger partial charge in [-0.25, -0.2) is 0 Å². The van der Waals surface area contributed by atoms with Crippen molar-refractivity contribution in [3.63, 3.8) is 0 Å². The molecular weight excluding hydrogens is 256 g/mol. The van der Waals surface area contributed by atoms with E-state index in [1.807, 2.05) is 44.2 Å². The van der Waals surface area contributed by atoms with Gasteiger partial charge in [-0.3, -0.25) is 0 Å². The zero-order chi connectivity index (χ0) is 14.5. The summed E-state index contributed by atoms with van der Waals surface area (Å²) < 4.78 is 17.3. The Morgan fingerprint density at radius 2 is 1.80 bits per heavy atom. The summed E-state index contributed by atoms with van der Waals surface area (Å²) in [5.74, 6) is -0.543. The highest BCUT2D eigenvalue weighted by molar-refractivity contribution is 5.13. The van der Waals surface area contributed by atoms with Crippen LogP contribution in [0.4, 0.5) is 0 Å². The summed E-state index contributed by atoms with van der Waals surface area (Å²) in [6, 6.07) is 10.1. The molecule has 112 valence electrons. The van der Waals surface area contributed by atoms with Gasteiger partial charge >= 0.3 is 0 Å². The maximum absolute atomic E-state index is 9.26. The quantitative estimate of drug-likeness (QED) is 0.869. The Morgan fingerprint density at radius 1 is 1.15 bits per heavy atom.